The third-order valence-electron chi connectivity index (χ3n) is 4.91. The number of nitriles is 1. The van der Waals surface area contributed by atoms with Gasteiger partial charge in [0.05, 0.1) is 23.9 Å². The Morgan fingerprint density at radius 2 is 2.03 bits per heavy atom. The number of nitrogens with zero attached hydrogens (tertiary/aromatic N) is 6. The number of hydrogen-bond acceptors (Lipinski definition) is 8. The van der Waals surface area contributed by atoms with Crippen molar-refractivity contribution < 1.29 is 18.7 Å². The number of carbonyl (C=O) groups is 1. The maximum atomic E-state index is 14.3. The van der Waals surface area contributed by atoms with Crippen molar-refractivity contribution in [3.8, 4) is 17.6 Å². The van der Waals surface area contributed by atoms with E-state index in [4.69, 9.17) is 10.00 Å². The first-order valence-corrected chi connectivity index (χ1v) is 10.3. The van der Waals surface area contributed by atoms with E-state index in [1.807, 2.05) is 6.07 Å². The molecular formula is C22H25FN6O3. The van der Waals surface area contributed by atoms with E-state index in [0.29, 0.717) is 23.4 Å². The highest BCUT2D eigenvalue weighted by atomic mass is 19.1. The smallest absolute Gasteiger partial charge is 0.293 e. The fourth-order valence-corrected chi connectivity index (χ4v) is 3.21. The molecule has 1 aliphatic rings. The number of ether oxygens (including phenoxy) is 2. The van der Waals surface area contributed by atoms with Gasteiger partial charge >= 0.3 is 0 Å². The first kappa shape index (κ1) is 23.1. The van der Waals surface area contributed by atoms with Gasteiger partial charge in [-0.1, -0.05) is 0 Å². The number of rotatable bonds is 5. The quantitative estimate of drug-likeness (QED) is 0.558. The summed E-state index contributed by atoms with van der Waals surface area (Å²) in [5.74, 6) is -0.0738. The van der Waals surface area contributed by atoms with Crippen molar-refractivity contribution in [2.75, 3.05) is 20.1 Å². The van der Waals surface area contributed by atoms with Gasteiger partial charge in [0.15, 0.2) is 5.65 Å². The molecular weight excluding hydrogens is 415 g/mol. The van der Waals surface area contributed by atoms with Crippen LogP contribution in [0.5, 0.6) is 5.88 Å². The molecule has 1 saturated heterocycles. The summed E-state index contributed by atoms with van der Waals surface area (Å²) in [6.07, 6.45) is 4.96. The molecule has 0 amide bonds. The molecule has 0 bridgehead atoms. The first-order valence-electron chi connectivity index (χ1n) is 10.3. The van der Waals surface area contributed by atoms with Crippen LogP contribution in [0.3, 0.4) is 0 Å². The standard InChI is InChI=1S/C18H17FN6O.C4H8O2/c1-24-6-4-13(5-7-24)26-18-14-10-23-25(17(14)21-11-22-18)16-3-2-12(9-20)8-15(16)19;1-4(2)6-3-5/h2-3,8,10-11,13H,4-7H2,1H3;3-4H,1-2H3. The molecule has 0 unspecified atom stereocenters. The second-order valence-corrected chi connectivity index (χ2v) is 7.65. The summed E-state index contributed by atoms with van der Waals surface area (Å²) in [5.41, 5.74) is 0.943. The topological polar surface area (TPSA) is 106 Å². The minimum atomic E-state index is -0.537. The SMILES string of the molecule is CC(C)OC=O.CN1CCC(Oc2ncnc3c2cnn3-c2ccc(C#N)cc2F)CC1. The molecule has 32 heavy (non-hydrogen) atoms. The molecule has 1 aromatic carbocycles. The van der Waals surface area contributed by atoms with Crippen LogP contribution in [0.15, 0.2) is 30.7 Å². The van der Waals surface area contributed by atoms with Crippen LogP contribution in [0.1, 0.15) is 32.3 Å². The molecule has 3 heterocycles. The highest BCUT2D eigenvalue weighted by Gasteiger charge is 2.21. The molecule has 0 radical (unpaired) electrons. The third kappa shape index (κ3) is 5.56. The average molecular weight is 440 g/mol. The van der Waals surface area contributed by atoms with E-state index in [9.17, 15) is 9.18 Å². The fraction of sp³-hybridized carbons (Fsp3) is 0.409. The van der Waals surface area contributed by atoms with Crippen LogP contribution in [0, 0.1) is 17.1 Å². The normalized spacial score (nSPS) is 14.5. The fourth-order valence-electron chi connectivity index (χ4n) is 3.21. The van der Waals surface area contributed by atoms with Gasteiger partial charge < -0.3 is 14.4 Å². The number of halogens is 1. The Balaban J connectivity index is 0.000000427. The summed E-state index contributed by atoms with van der Waals surface area (Å²) in [6.45, 7) is 6.01. The monoisotopic (exact) mass is 440 g/mol. The molecule has 0 spiro atoms. The highest BCUT2D eigenvalue weighted by Crippen LogP contribution is 2.27. The Kier molecular flexibility index (Phi) is 7.68. The summed E-state index contributed by atoms with van der Waals surface area (Å²) >= 11 is 0. The van der Waals surface area contributed by atoms with Gasteiger partial charge in [-0.2, -0.15) is 10.4 Å². The molecule has 0 N–H and O–H groups in total. The van der Waals surface area contributed by atoms with Gasteiger partial charge in [0.25, 0.3) is 6.47 Å². The van der Waals surface area contributed by atoms with Crippen LogP contribution in [0.25, 0.3) is 16.7 Å². The van der Waals surface area contributed by atoms with Crippen molar-refractivity contribution in [1.29, 1.82) is 5.26 Å². The van der Waals surface area contributed by atoms with Crippen molar-refractivity contribution in [3.05, 3.63) is 42.1 Å². The lowest BCUT2D eigenvalue weighted by Gasteiger charge is -2.28. The van der Waals surface area contributed by atoms with Crippen LogP contribution < -0.4 is 4.74 Å². The van der Waals surface area contributed by atoms with E-state index in [2.05, 4.69) is 31.8 Å². The Morgan fingerprint density at radius 1 is 1.28 bits per heavy atom. The number of piperidine rings is 1. The number of benzene rings is 1. The maximum Gasteiger partial charge on any atom is 0.293 e. The van der Waals surface area contributed by atoms with E-state index in [1.54, 1.807) is 26.1 Å². The number of aromatic nitrogens is 4. The van der Waals surface area contributed by atoms with Crippen molar-refractivity contribution >= 4 is 17.5 Å². The lowest BCUT2D eigenvalue weighted by Crippen LogP contribution is -2.35. The van der Waals surface area contributed by atoms with E-state index < -0.39 is 5.82 Å². The highest BCUT2D eigenvalue weighted by molar-refractivity contribution is 5.81. The minimum Gasteiger partial charge on any atom is -0.474 e. The lowest BCUT2D eigenvalue weighted by atomic mass is 10.1. The largest absolute Gasteiger partial charge is 0.474 e. The predicted octanol–water partition coefficient (Wildman–Crippen LogP) is 2.87. The molecule has 168 valence electrons. The Labute approximate surface area is 185 Å². The number of hydrogen-bond donors (Lipinski definition) is 0. The van der Waals surface area contributed by atoms with Crippen LogP contribution in [0.4, 0.5) is 4.39 Å². The van der Waals surface area contributed by atoms with Crippen molar-refractivity contribution in [2.45, 2.75) is 38.9 Å². The molecule has 0 atom stereocenters. The number of carbonyl (C=O) groups excluding carboxylic acids is 1. The Hall–Kier alpha value is -3.58. The van der Waals surface area contributed by atoms with Gasteiger partial charge in [-0.05, 0) is 51.9 Å². The molecule has 0 saturated carbocycles. The number of likely N-dealkylation sites (tertiary alicyclic amines) is 1. The molecule has 4 rings (SSSR count). The van der Waals surface area contributed by atoms with Crippen LogP contribution in [0.2, 0.25) is 0 Å². The summed E-state index contributed by atoms with van der Waals surface area (Å²) in [5, 5.41) is 13.8. The zero-order valence-corrected chi connectivity index (χ0v) is 18.2. The van der Waals surface area contributed by atoms with Gasteiger partial charge in [0.2, 0.25) is 5.88 Å². The number of fused-ring (bicyclic) bond motifs is 1. The van der Waals surface area contributed by atoms with E-state index >= 15 is 0 Å². The van der Waals surface area contributed by atoms with Gasteiger partial charge in [-0.3, -0.25) is 4.79 Å². The van der Waals surface area contributed by atoms with Crippen molar-refractivity contribution in [1.82, 2.24) is 24.6 Å². The van der Waals surface area contributed by atoms with Gasteiger partial charge in [-0.15, -0.1) is 0 Å². The average Bonchev–Trinajstić information content (AvgIpc) is 3.20. The first-order chi connectivity index (χ1) is 15.4. The lowest BCUT2D eigenvalue weighted by molar-refractivity contribution is -0.131. The van der Waals surface area contributed by atoms with Crippen molar-refractivity contribution in [3.63, 3.8) is 0 Å². The van der Waals surface area contributed by atoms with Crippen LogP contribution >= 0.6 is 0 Å². The zero-order chi connectivity index (χ0) is 23.1. The maximum absolute atomic E-state index is 14.3. The third-order valence-corrected chi connectivity index (χ3v) is 4.91. The van der Waals surface area contributed by atoms with Crippen molar-refractivity contribution in [2.24, 2.45) is 0 Å². The molecule has 1 fully saturated rings. The molecule has 0 aliphatic carbocycles. The van der Waals surface area contributed by atoms with Crippen LogP contribution in [-0.4, -0.2) is 63.5 Å². The van der Waals surface area contributed by atoms with Gasteiger partial charge in [0, 0.05) is 13.1 Å². The second kappa shape index (κ2) is 10.6. The van der Waals surface area contributed by atoms with E-state index in [-0.39, 0.29) is 23.5 Å². The van der Waals surface area contributed by atoms with E-state index in [1.165, 1.54) is 23.1 Å². The summed E-state index contributed by atoms with van der Waals surface area (Å²) in [6, 6.07) is 6.16. The van der Waals surface area contributed by atoms with Gasteiger partial charge in [-0.25, -0.2) is 19.0 Å². The second-order valence-electron chi connectivity index (χ2n) is 7.65. The molecule has 3 aromatic rings. The van der Waals surface area contributed by atoms with E-state index in [0.717, 1.165) is 25.9 Å². The minimum absolute atomic E-state index is 0.0301. The summed E-state index contributed by atoms with van der Waals surface area (Å²) < 4.78 is 26.2. The molecule has 9 nitrogen and oxygen atoms in total. The molecule has 2 aromatic heterocycles. The predicted molar refractivity (Wildman–Crippen MR) is 115 cm³/mol. The Morgan fingerprint density at radius 3 is 2.62 bits per heavy atom. The Bertz CT molecular complexity index is 1100. The summed E-state index contributed by atoms with van der Waals surface area (Å²) in [7, 11) is 2.09. The summed E-state index contributed by atoms with van der Waals surface area (Å²) in [4.78, 5) is 20.1. The molecule has 1 aliphatic heterocycles. The molecule has 10 heteroatoms. The zero-order valence-electron chi connectivity index (χ0n) is 18.2. The van der Waals surface area contributed by atoms with Gasteiger partial charge in [0.1, 0.15) is 29.3 Å². The van der Waals surface area contributed by atoms with Crippen LogP contribution in [-0.2, 0) is 9.53 Å².